The second kappa shape index (κ2) is 5.14. The minimum absolute atomic E-state index is 0.237. The van der Waals surface area contributed by atoms with Crippen LogP contribution in [0.4, 0.5) is 5.69 Å². The van der Waals surface area contributed by atoms with Crippen LogP contribution in [0.25, 0.3) is 0 Å². The Bertz CT molecular complexity index is 408. The van der Waals surface area contributed by atoms with Gasteiger partial charge in [0.1, 0.15) is 5.69 Å². The highest BCUT2D eigenvalue weighted by Gasteiger charge is 2.22. The van der Waals surface area contributed by atoms with E-state index in [4.69, 9.17) is 10.8 Å². The summed E-state index contributed by atoms with van der Waals surface area (Å²) in [6.07, 6.45) is 3.52. The van der Waals surface area contributed by atoms with Crippen LogP contribution in [0.3, 0.4) is 0 Å². The predicted molar refractivity (Wildman–Crippen MR) is 64.8 cm³/mol. The van der Waals surface area contributed by atoms with Crippen LogP contribution >= 0.6 is 0 Å². The van der Waals surface area contributed by atoms with Crippen molar-refractivity contribution in [1.29, 1.82) is 0 Å². The average Bonchev–Trinajstić information content (AvgIpc) is 2.78. The number of pyridine rings is 1. The second-order valence-electron chi connectivity index (χ2n) is 4.38. The van der Waals surface area contributed by atoms with E-state index in [2.05, 4.69) is 9.88 Å². The molecule has 1 aliphatic rings. The summed E-state index contributed by atoms with van der Waals surface area (Å²) >= 11 is 0. The summed E-state index contributed by atoms with van der Waals surface area (Å²) in [6, 6.07) is 3.61. The van der Waals surface area contributed by atoms with Gasteiger partial charge < -0.3 is 15.7 Å². The molecule has 2 heterocycles. The fourth-order valence-corrected chi connectivity index (χ4v) is 2.24. The molecule has 1 aliphatic heterocycles. The molecule has 1 unspecified atom stereocenters. The van der Waals surface area contributed by atoms with Gasteiger partial charge in [0.05, 0.1) is 0 Å². The third-order valence-corrected chi connectivity index (χ3v) is 3.18. The van der Waals surface area contributed by atoms with Crippen LogP contribution in [-0.4, -0.2) is 35.7 Å². The molecule has 5 nitrogen and oxygen atoms in total. The molecule has 0 radical (unpaired) electrons. The molecule has 0 bridgehead atoms. The molecule has 0 aliphatic carbocycles. The zero-order chi connectivity index (χ0) is 12.3. The average molecular weight is 235 g/mol. The molecule has 0 saturated carbocycles. The summed E-state index contributed by atoms with van der Waals surface area (Å²) in [5.74, 6) is 0.0307. The molecule has 3 N–H and O–H groups in total. The maximum Gasteiger partial charge on any atom is 0.267 e. The lowest BCUT2D eigenvalue weighted by atomic mass is 10.1. The monoisotopic (exact) mass is 235 g/mol. The van der Waals surface area contributed by atoms with Crippen LogP contribution in [0.15, 0.2) is 18.3 Å². The number of nitrogens with zero attached hydrogens (tertiary/aromatic N) is 2. The second-order valence-corrected chi connectivity index (χ2v) is 4.38. The Balaban J connectivity index is 2.08. The zero-order valence-electron chi connectivity index (χ0n) is 9.67. The van der Waals surface area contributed by atoms with Gasteiger partial charge in [-0.2, -0.15) is 0 Å². The number of anilines is 1. The van der Waals surface area contributed by atoms with Crippen LogP contribution in [0.5, 0.6) is 0 Å². The number of nitrogens with two attached hydrogens (primary N) is 1. The van der Waals surface area contributed by atoms with Crippen molar-refractivity contribution >= 4 is 11.6 Å². The van der Waals surface area contributed by atoms with Gasteiger partial charge >= 0.3 is 0 Å². The third-order valence-electron chi connectivity index (χ3n) is 3.18. The first kappa shape index (κ1) is 11.9. The molecular weight excluding hydrogens is 218 g/mol. The van der Waals surface area contributed by atoms with Crippen molar-refractivity contribution in [3.63, 3.8) is 0 Å². The quantitative estimate of drug-likeness (QED) is 0.791. The van der Waals surface area contributed by atoms with Crippen LogP contribution in [0, 0.1) is 5.92 Å². The lowest BCUT2D eigenvalue weighted by Gasteiger charge is -2.18. The summed E-state index contributed by atoms with van der Waals surface area (Å²) in [5.41, 5.74) is 6.48. The number of aromatic nitrogens is 1. The van der Waals surface area contributed by atoms with E-state index < -0.39 is 5.91 Å². The summed E-state index contributed by atoms with van der Waals surface area (Å²) in [6.45, 7) is 2.11. The van der Waals surface area contributed by atoms with Gasteiger partial charge in [-0.25, -0.2) is 0 Å². The van der Waals surface area contributed by atoms with Gasteiger partial charge in [-0.1, -0.05) is 0 Å². The van der Waals surface area contributed by atoms with Crippen LogP contribution in [0.1, 0.15) is 23.3 Å². The van der Waals surface area contributed by atoms with Crippen LogP contribution in [-0.2, 0) is 0 Å². The van der Waals surface area contributed by atoms with Crippen molar-refractivity contribution < 1.29 is 9.90 Å². The zero-order valence-corrected chi connectivity index (χ0v) is 9.67. The molecule has 0 aromatic carbocycles. The van der Waals surface area contributed by atoms with E-state index in [-0.39, 0.29) is 6.61 Å². The molecule has 1 fully saturated rings. The van der Waals surface area contributed by atoms with E-state index in [0.717, 1.165) is 31.6 Å². The normalized spacial score (nSPS) is 19.6. The minimum atomic E-state index is -0.502. The van der Waals surface area contributed by atoms with E-state index in [0.29, 0.717) is 11.6 Å². The third kappa shape index (κ3) is 2.74. The number of primary amides is 1. The Hall–Kier alpha value is -1.62. The molecule has 1 saturated heterocycles. The SMILES string of the molecule is NC(=O)c1cc(N2CCC(CCO)C2)ccn1. The van der Waals surface area contributed by atoms with Crippen molar-refractivity contribution in [2.24, 2.45) is 11.7 Å². The van der Waals surface area contributed by atoms with Gasteiger partial charge in [0.2, 0.25) is 0 Å². The van der Waals surface area contributed by atoms with Gasteiger partial charge in [0.15, 0.2) is 0 Å². The number of carbonyl (C=O) groups is 1. The molecule has 0 spiro atoms. The first-order valence-corrected chi connectivity index (χ1v) is 5.82. The van der Waals surface area contributed by atoms with Gasteiger partial charge in [-0.3, -0.25) is 9.78 Å². The first-order chi connectivity index (χ1) is 8.20. The highest BCUT2D eigenvalue weighted by Crippen LogP contribution is 2.25. The number of hydrogen-bond acceptors (Lipinski definition) is 4. The van der Waals surface area contributed by atoms with Crippen molar-refractivity contribution in [3.05, 3.63) is 24.0 Å². The molecule has 17 heavy (non-hydrogen) atoms. The van der Waals surface area contributed by atoms with Gasteiger partial charge in [-0.15, -0.1) is 0 Å². The molecule has 1 atom stereocenters. The maximum atomic E-state index is 11.0. The molecule has 2 rings (SSSR count). The van der Waals surface area contributed by atoms with E-state index in [1.807, 2.05) is 6.07 Å². The molecule has 92 valence electrons. The number of carbonyl (C=O) groups excluding carboxylic acids is 1. The van der Waals surface area contributed by atoms with E-state index in [9.17, 15) is 4.79 Å². The summed E-state index contributed by atoms with van der Waals surface area (Å²) in [7, 11) is 0. The number of aliphatic hydroxyl groups is 1. The van der Waals surface area contributed by atoms with Crippen molar-refractivity contribution in [2.75, 3.05) is 24.6 Å². The molecule has 1 aromatic heterocycles. The summed E-state index contributed by atoms with van der Waals surface area (Å²) in [5, 5.41) is 8.91. The summed E-state index contributed by atoms with van der Waals surface area (Å²) in [4.78, 5) is 17.2. The molecule has 1 aromatic rings. The van der Waals surface area contributed by atoms with Crippen molar-refractivity contribution in [3.8, 4) is 0 Å². The molecular formula is C12H17N3O2. The number of amides is 1. The Morgan fingerprint density at radius 2 is 2.47 bits per heavy atom. The highest BCUT2D eigenvalue weighted by molar-refractivity contribution is 5.91. The topological polar surface area (TPSA) is 79.5 Å². The number of rotatable bonds is 4. The van der Waals surface area contributed by atoms with E-state index in [1.54, 1.807) is 12.3 Å². The fourth-order valence-electron chi connectivity index (χ4n) is 2.24. The molecule has 5 heteroatoms. The number of aliphatic hydroxyl groups excluding tert-OH is 1. The van der Waals surface area contributed by atoms with Crippen molar-refractivity contribution in [1.82, 2.24) is 4.98 Å². The number of hydrogen-bond donors (Lipinski definition) is 2. The largest absolute Gasteiger partial charge is 0.396 e. The van der Waals surface area contributed by atoms with E-state index in [1.165, 1.54) is 0 Å². The van der Waals surface area contributed by atoms with Crippen LogP contribution in [0.2, 0.25) is 0 Å². The van der Waals surface area contributed by atoms with Gasteiger partial charge in [0.25, 0.3) is 5.91 Å². The smallest absolute Gasteiger partial charge is 0.267 e. The Labute approximate surface area is 100 Å². The fraction of sp³-hybridized carbons (Fsp3) is 0.500. The standard InChI is InChI=1S/C12H17N3O2/c13-12(17)11-7-10(1-4-14-11)15-5-2-9(8-15)3-6-16/h1,4,7,9,16H,2-3,5-6,8H2,(H2,13,17). The minimum Gasteiger partial charge on any atom is -0.396 e. The lowest BCUT2D eigenvalue weighted by molar-refractivity contribution is 0.0995. The van der Waals surface area contributed by atoms with Gasteiger partial charge in [0, 0.05) is 31.6 Å². The highest BCUT2D eigenvalue weighted by atomic mass is 16.3. The Kier molecular flexibility index (Phi) is 3.58. The molecule has 1 amide bonds. The van der Waals surface area contributed by atoms with Crippen molar-refractivity contribution in [2.45, 2.75) is 12.8 Å². The lowest BCUT2D eigenvalue weighted by Crippen LogP contribution is -2.21. The summed E-state index contributed by atoms with van der Waals surface area (Å²) < 4.78 is 0. The predicted octanol–water partition coefficient (Wildman–Crippen LogP) is 0.389. The Morgan fingerprint density at radius 1 is 1.65 bits per heavy atom. The Morgan fingerprint density at radius 3 is 3.18 bits per heavy atom. The maximum absolute atomic E-state index is 11.0. The van der Waals surface area contributed by atoms with E-state index >= 15 is 0 Å². The van der Waals surface area contributed by atoms with Gasteiger partial charge in [-0.05, 0) is 30.9 Å². The van der Waals surface area contributed by atoms with Crippen LogP contribution < -0.4 is 10.6 Å². The first-order valence-electron chi connectivity index (χ1n) is 5.82.